The lowest BCUT2D eigenvalue weighted by molar-refractivity contribution is -0.131. The molecule has 0 aliphatic heterocycles. The van der Waals surface area contributed by atoms with Crippen LogP contribution in [0.15, 0.2) is 30.3 Å². The fourth-order valence-electron chi connectivity index (χ4n) is 2.03. The molecule has 2 N–H and O–H groups in total. The van der Waals surface area contributed by atoms with E-state index in [9.17, 15) is 9.59 Å². The Labute approximate surface area is 112 Å². The van der Waals surface area contributed by atoms with Gasteiger partial charge >= 0.3 is 5.97 Å². The number of carbonyl (C=O) groups excluding carboxylic acids is 1. The molecule has 100 valence electrons. The second kappa shape index (κ2) is 4.88. The molecule has 1 saturated carbocycles. The van der Waals surface area contributed by atoms with E-state index in [1.807, 2.05) is 0 Å². The van der Waals surface area contributed by atoms with Crippen LogP contribution in [0.4, 0.5) is 5.69 Å². The summed E-state index contributed by atoms with van der Waals surface area (Å²) in [6, 6.07) is 7.13. The van der Waals surface area contributed by atoms with Crippen molar-refractivity contribution < 1.29 is 14.7 Å². The summed E-state index contributed by atoms with van der Waals surface area (Å²) >= 11 is 0. The van der Waals surface area contributed by atoms with Gasteiger partial charge < -0.3 is 10.4 Å². The van der Waals surface area contributed by atoms with Crippen LogP contribution in [0.1, 0.15) is 25.8 Å². The van der Waals surface area contributed by atoms with Crippen LogP contribution < -0.4 is 5.32 Å². The molecular weight excluding hydrogens is 242 g/mol. The largest absolute Gasteiger partial charge is 0.478 e. The Balaban J connectivity index is 2.03. The lowest BCUT2D eigenvalue weighted by atomic mass is 10.1. The molecule has 0 heterocycles. The highest BCUT2D eigenvalue weighted by Crippen LogP contribution is 2.51. The Morgan fingerprint density at radius 2 is 2.11 bits per heavy atom. The molecule has 0 saturated heterocycles. The molecule has 1 aliphatic rings. The van der Waals surface area contributed by atoms with Gasteiger partial charge in [0.25, 0.3) is 0 Å². The van der Waals surface area contributed by atoms with E-state index in [1.165, 1.54) is 6.08 Å². The van der Waals surface area contributed by atoms with Gasteiger partial charge in [0, 0.05) is 17.7 Å². The van der Waals surface area contributed by atoms with Crippen molar-refractivity contribution in [1.29, 1.82) is 0 Å². The second-order valence-corrected chi connectivity index (χ2v) is 5.53. The summed E-state index contributed by atoms with van der Waals surface area (Å²) in [6.45, 7) is 4.15. The zero-order valence-corrected chi connectivity index (χ0v) is 11.0. The molecule has 1 fully saturated rings. The van der Waals surface area contributed by atoms with E-state index in [0.717, 1.165) is 18.1 Å². The predicted octanol–water partition coefficient (Wildman–Crippen LogP) is 2.77. The number of rotatable bonds is 4. The van der Waals surface area contributed by atoms with Crippen molar-refractivity contribution in [2.24, 2.45) is 11.3 Å². The molecule has 4 heteroatoms. The molecule has 0 radical (unpaired) electrons. The quantitative estimate of drug-likeness (QED) is 0.817. The third-order valence-electron chi connectivity index (χ3n) is 3.40. The first-order valence-corrected chi connectivity index (χ1v) is 6.20. The average molecular weight is 259 g/mol. The van der Waals surface area contributed by atoms with Crippen molar-refractivity contribution in [2.45, 2.75) is 20.3 Å². The van der Waals surface area contributed by atoms with E-state index in [2.05, 4.69) is 19.2 Å². The van der Waals surface area contributed by atoms with E-state index in [1.54, 1.807) is 24.3 Å². The number of amides is 1. The molecule has 1 aliphatic carbocycles. The summed E-state index contributed by atoms with van der Waals surface area (Å²) in [5.41, 5.74) is 1.54. The van der Waals surface area contributed by atoms with Gasteiger partial charge in [-0.2, -0.15) is 0 Å². The van der Waals surface area contributed by atoms with Gasteiger partial charge in [-0.15, -0.1) is 0 Å². The average Bonchev–Trinajstić information content (AvgIpc) is 2.96. The zero-order valence-electron chi connectivity index (χ0n) is 11.0. The molecule has 19 heavy (non-hydrogen) atoms. The van der Waals surface area contributed by atoms with Gasteiger partial charge in [-0.1, -0.05) is 26.0 Å². The molecule has 0 spiro atoms. The Bertz CT molecular complexity index is 546. The summed E-state index contributed by atoms with van der Waals surface area (Å²) in [5.74, 6) is -0.885. The highest BCUT2D eigenvalue weighted by Gasteiger charge is 2.50. The highest BCUT2D eigenvalue weighted by molar-refractivity contribution is 5.95. The van der Waals surface area contributed by atoms with Gasteiger partial charge in [-0.05, 0) is 35.6 Å². The number of hydrogen-bond donors (Lipinski definition) is 2. The normalized spacial score (nSPS) is 20.2. The topological polar surface area (TPSA) is 66.4 Å². The minimum absolute atomic E-state index is 0.0318. The van der Waals surface area contributed by atoms with Crippen molar-refractivity contribution in [3.05, 3.63) is 35.9 Å². The first kappa shape index (κ1) is 13.3. The standard InChI is InChI=1S/C15H17NO3/c1-15(2)9-12(15)14(19)16-11-5-3-4-10(8-11)6-7-13(17)18/h3-8,12H,9H2,1-2H3,(H,16,19)(H,17,18)/b7-6+. The van der Waals surface area contributed by atoms with E-state index in [4.69, 9.17) is 5.11 Å². The SMILES string of the molecule is CC1(C)CC1C(=O)Nc1cccc(/C=C/C(=O)O)c1. The number of carboxylic acids is 1. The predicted molar refractivity (Wildman–Crippen MR) is 73.6 cm³/mol. The summed E-state index contributed by atoms with van der Waals surface area (Å²) in [5, 5.41) is 11.4. The van der Waals surface area contributed by atoms with Gasteiger partial charge in [-0.3, -0.25) is 4.79 Å². The minimum Gasteiger partial charge on any atom is -0.478 e. The van der Waals surface area contributed by atoms with E-state index < -0.39 is 5.97 Å². The number of aliphatic carboxylic acids is 1. The molecule has 4 nitrogen and oxygen atoms in total. The fourth-order valence-corrected chi connectivity index (χ4v) is 2.03. The van der Waals surface area contributed by atoms with Gasteiger partial charge in [0.1, 0.15) is 0 Å². The van der Waals surface area contributed by atoms with Crippen LogP contribution in [-0.4, -0.2) is 17.0 Å². The molecule has 1 atom stereocenters. The Morgan fingerprint density at radius 1 is 1.42 bits per heavy atom. The summed E-state index contributed by atoms with van der Waals surface area (Å²) in [4.78, 5) is 22.4. The molecule has 2 rings (SSSR count). The van der Waals surface area contributed by atoms with Gasteiger partial charge in [0.05, 0.1) is 0 Å². The molecular formula is C15H17NO3. The third kappa shape index (κ3) is 3.44. The van der Waals surface area contributed by atoms with Gasteiger partial charge in [-0.25, -0.2) is 4.79 Å². The Kier molecular flexibility index (Phi) is 3.42. The number of anilines is 1. The maximum Gasteiger partial charge on any atom is 0.328 e. The van der Waals surface area contributed by atoms with Gasteiger partial charge in [0.15, 0.2) is 0 Å². The number of carbonyl (C=O) groups is 2. The molecule has 0 bridgehead atoms. The maximum atomic E-state index is 11.9. The van der Waals surface area contributed by atoms with Crippen LogP contribution in [0.25, 0.3) is 6.08 Å². The van der Waals surface area contributed by atoms with E-state index in [0.29, 0.717) is 5.69 Å². The highest BCUT2D eigenvalue weighted by atomic mass is 16.4. The first-order valence-electron chi connectivity index (χ1n) is 6.20. The van der Waals surface area contributed by atoms with E-state index >= 15 is 0 Å². The van der Waals surface area contributed by atoms with Crippen molar-refractivity contribution in [2.75, 3.05) is 5.32 Å². The number of benzene rings is 1. The number of hydrogen-bond acceptors (Lipinski definition) is 2. The molecule has 1 amide bonds. The minimum atomic E-state index is -0.992. The van der Waals surface area contributed by atoms with Crippen LogP contribution in [-0.2, 0) is 9.59 Å². The van der Waals surface area contributed by atoms with Gasteiger partial charge in [0.2, 0.25) is 5.91 Å². The van der Waals surface area contributed by atoms with Crippen LogP contribution in [0.5, 0.6) is 0 Å². The summed E-state index contributed by atoms with van der Waals surface area (Å²) < 4.78 is 0. The van der Waals surface area contributed by atoms with Crippen LogP contribution in [0, 0.1) is 11.3 Å². The van der Waals surface area contributed by atoms with Crippen LogP contribution in [0.3, 0.4) is 0 Å². The molecule has 1 aromatic carbocycles. The van der Waals surface area contributed by atoms with E-state index in [-0.39, 0.29) is 17.2 Å². The van der Waals surface area contributed by atoms with Crippen molar-refractivity contribution in [3.63, 3.8) is 0 Å². The lowest BCUT2D eigenvalue weighted by Gasteiger charge is -2.07. The van der Waals surface area contributed by atoms with Crippen molar-refractivity contribution in [1.82, 2.24) is 0 Å². The smallest absolute Gasteiger partial charge is 0.328 e. The maximum absolute atomic E-state index is 11.9. The van der Waals surface area contributed by atoms with Crippen LogP contribution in [0.2, 0.25) is 0 Å². The Hall–Kier alpha value is -2.10. The monoisotopic (exact) mass is 259 g/mol. The van der Waals surface area contributed by atoms with Crippen molar-refractivity contribution >= 4 is 23.6 Å². The summed E-state index contributed by atoms with van der Waals surface area (Å²) in [7, 11) is 0. The summed E-state index contributed by atoms with van der Waals surface area (Å²) in [6.07, 6.45) is 3.49. The first-order chi connectivity index (χ1) is 8.88. The number of carboxylic acid groups (broad SMARTS) is 1. The fraction of sp³-hybridized carbons (Fsp3) is 0.333. The van der Waals surface area contributed by atoms with Crippen molar-refractivity contribution in [3.8, 4) is 0 Å². The van der Waals surface area contributed by atoms with Crippen LogP contribution >= 0.6 is 0 Å². The zero-order chi connectivity index (χ0) is 14.0. The number of nitrogens with one attached hydrogen (secondary N) is 1. The third-order valence-corrected chi connectivity index (χ3v) is 3.40. The molecule has 1 unspecified atom stereocenters. The molecule has 1 aromatic rings. The Morgan fingerprint density at radius 3 is 2.68 bits per heavy atom. The lowest BCUT2D eigenvalue weighted by Crippen LogP contribution is -2.16. The second-order valence-electron chi connectivity index (χ2n) is 5.53. The molecule has 0 aromatic heterocycles.